The van der Waals surface area contributed by atoms with Crippen LogP contribution in [0.1, 0.15) is 44.9 Å². The van der Waals surface area contributed by atoms with Crippen LogP contribution in [0.25, 0.3) is 0 Å². The lowest BCUT2D eigenvalue weighted by molar-refractivity contribution is 0.323. The van der Waals surface area contributed by atoms with Crippen LogP contribution in [0.15, 0.2) is 0 Å². The van der Waals surface area contributed by atoms with Gasteiger partial charge in [-0.25, -0.2) is 13.1 Å². The van der Waals surface area contributed by atoms with Crippen molar-refractivity contribution in [2.45, 2.75) is 56.5 Å². The van der Waals surface area contributed by atoms with Crippen LogP contribution in [0.2, 0.25) is 0 Å². The zero-order valence-electron chi connectivity index (χ0n) is 9.04. The summed E-state index contributed by atoms with van der Waals surface area (Å²) in [4.78, 5) is 0. The normalized spacial score (nSPS) is 26.5. The summed E-state index contributed by atoms with van der Waals surface area (Å²) in [6.07, 6.45) is 6.98. The first-order valence-corrected chi connectivity index (χ1v) is 7.43. The molecule has 0 atom stereocenters. The van der Waals surface area contributed by atoms with Gasteiger partial charge in [0.25, 0.3) is 0 Å². The van der Waals surface area contributed by atoms with E-state index in [-0.39, 0.29) is 11.8 Å². The first kappa shape index (κ1) is 11.4. The lowest BCUT2D eigenvalue weighted by Gasteiger charge is -2.32. The summed E-state index contributed by atoms with van der Waals surface area (Å²) < 4.78 is 26.2. The van der Waals surface area contributed by atoms with Crippen LogP contribution in [0, 0.1) is 0 Å². The van der Waals surface area contributed by atoms with Gasteiger partial charge in [-0.05, 0) is 25.7 Å². The number of hydrogen-bond donors (Lipinski definition) is 2. The highest BCUT2D eigenvalue weighted by atomic mass is 32.2. The van der Waals surface area contributed by atoms with Crippen LogP contribution in [-0.4, -0.2) is 25.8 Å². The lowest BCUT2D eigenvalue weighted by Crippen LogP contribution is -2.50. The second-order valence-electron chi connectivity index (χ2n) is 5.07. The van der Waals surface area contributed by atoms with Crippen LogP contribution < -0.4 is 10.5 Å². The van der Waals surface area contributed by atoms with Crippen LogP contribution in [0.5, 0.6) is 0 Å². The average Bonchev–Trinajstić information content (AvgIpc) is 2.86. The van der Waals surface area contributed by atoms with E-state index in [4.69, 9.17) is 5.73 Å². The number of sulfonamides is 1. The van der Waals surface area contributed by atoms with Gasteiger partial charge >= 0.3 is 0 Å². The van der Waals surface area contributed by atoms with E-state index in [1.165, 1.54) is 6.42 Å². The predicted molar refractivity (Wildman–Crippen MR) is 59.9 cm³/mol. The zero-order valence-corrected chi connectivity index (χ0v) is 9.85. The highest BCUT2D eigenvalue weighted by Gasteiger charge is 2.35. The topological polar surface area (TPSA) is 72.2 Å². The molecule has 2 saturated carbocycles. The van der Waals surface area contributed by atoms with E-state index in [1.54, 1.807) is 0 Å². The molecule has 0 aromatic carbocycles. The monoisotopic (exact) mass is 232 g/mol. The van der Waals surface area contributed by atoms with E-state index in [9.17, 15) is 8.42 Å². The van der Waals surface area contributed by atoms with Crippen LogP contribution in [0.3, 0.4) is 0 Å². The van der Waals surface area contributed by atoms with Crippen molar-refractivity contribution in [3.8, 4) is 0 Å². The Kier molecular flexibility index (Phi) is 3.05. The molecule has 2 rings (SSSR count). The number of hydrogen-bond acceptors (Lipinski definition) is 3. The molecule has 0 aromatic heterocycles. The minimum Gasteiger partial charge on any atom is -0.324 e. The molecule has 0 bridgehead atoms. The summed E-state index contributed by atoms with van der Waals surface area (Å²) >= 11 is 0. The SMILES string of the molecule is NC1(CS(=O)(=O)NC2CC2)CCCCC1. The molecule has 0 radical (unpaired) electrons. The van der Waals surface area contributed by atoms with E-state index in [1.807, 2.05) is 0 Å². The van der Waals surface area contributed by atoms with Crippen molar-refractivity contribution >= 4 is 10.0 Å². The molecule has 2 fully saturated rings. The maximum atomic E-state index is 11.8. The molecule has 3 N–H and O–H groups in total. The Labute approximate surface area is 91.7 Å². The number of nitrogens with two attached hydrogens (primary N) is 1. The third-order valence-corrected chi connectivity index (χ3v) is 4.90. The maximum absolute atomic E-state index is 11.8. The summed E-state index contributed by atoms with van der Waals surface area (Å²) in [5.41, 5.74) is 5.65. The van der Waals surface area contributed by atoms with Gasteiger partial charge in [-0.15, -0.1) is 0 Å². The fourth-order valence-electron chi connectivity index (χ4n) is 2.28. The largest absolute Gasteiger partial charge is 0.324 e. The van der Waals surface area contributed by atoms with Gasteiger partial charge < -0.3 is 5.73 Å². The van der Waals surface area contributed by atoms with Gasteiger partial charge in [0.1, 0.15) is 0 Å². The Morgan fingerprint density at radius 3 is 2.33 bits per heavy atom. The fraction of sp³-hybridized carbons (Fsp3) is 1.00. The molecule has 0 aliphatic heterocycles. The summed E-state index contributed by atoms with van der Waals surface area (Å²) in [5, 5.41) is 0. The summed E-state index contributed by atoms with van der Waals surface area (Å²) in [5.74, 6) is 0.108. The molecule has 5 heteroatoms. The highest BCUT2D eigenvalue weighted by molar-refractivity contribution is 7.89. The number of rotatable bonds is 4. The minimum absolute atomic E-state index is 0.108. The molecule has 15 heavy (non-hydrogen) atoms. The van der Waals surface area contributed by atoms with Gasteiger partial charge in [0.15, 0.2) is 0 Å². The van der Waals surface area contributed by atoms with Gasteiger partial charge in [-0.2, -0.15) is 0 Å². The molecule has 2 aliphatic carbocycles. The van der Waals surface area contributed by atoms with Crippen molar-refractivity contribution in [1.29, 1.82) is 0 Å². The lowest BCUT2D eigenvalue weighted by atomic mass is 9.84. The molecule has 88 valence electrons. The molecule has 0 saturated heterocycles. The van der Waals surface area contributed by atoms with E-state index in [2.05, 4.69) is 4.72 Å². The third kappa shape index (κ3) is 3.43. The van der Waals surface area contributed by atoms with Crippen molar-refractivity contribution in [2.75, 3.05) is 5.75 Å². The molecular formula is C10H20N2O2S. The minimum atomic E-state index is -3.15. The van der Waals surface area contributed by atoms with E-state index in [0.717, 1.165) is 38.5 Å². The Morgan fingerprint density at radius 1 is 1.20 bits per heavy atom. The molecule has 4 nitrogen and oxygen atoms in total. The van der Waals surface area contributed by atoms with E-state index in [0.29, 0.717) is 0 Å². The van der Waals surface area contributed by atoms with E-state index >= 15 is 0 Å². The first-order valence-electron chi connectivity index (χ1n) is 5.78. The fourth-order valence-corrected chi connectivity index (χ4v) is 4.15. The van der Waals surface area contributed by atoms with E-state index < -0.39 is 15.6 Å². The van der Waals surface area contributed by atoms with Crippen LogP contribution >= 0.6 is 0 Å². The molecule has 0 amide bonds. The van der Waals surface area contributed by atoms with Crippen molar-refractivity contribution in [3.05, 3.63) is 0 Å². The summed E-state index contributed by atoms with van der Waals surface area (Å²) in [6, 6.07) is 0.196. The highest BCUT2D eigenvalue weighted by Crippen LogP contribution is 2.28. The molecule has 0 spiro atoms. The maximum Gasteiger partial charge on any atom is 0.213 e. The second-order valence-corrected chi connectivity index (χ2v) is 6.83. The summed E-state index contributed by atoms with van der Waals surface area (Å²) in [7, 11) is -3.15. The Balaban J connectivity index is 1.93. The van der Waals surface area contributed by atoms with Gasteiger partial charge in [-0.3, -0.25) is 0 Å². The quantitative estimate of drug-likeness (QED) is 0.750. The molecule has 0 unspecified atom stereocenters. The Morgan fingerprint density at radius 2 is 1.80 bits per heavy atom. The standard InChI is InChI=1S/C10H20N2O2S/c11-10(6-2-1-3-7-10)8-15(13,14)12-9-4-5-9/h9,12H,1-8,11H2. The van der Waals surface area contributed by atoms with Gasteiger partial charge in [0.2, 0.25) is 10.0 Å². The third-order valence-electron chi connectivity index (χ3n) is 3.25. The van der Waals surface area contributed by atoms with Gasteiger partial charge in [0.05, 0.1) is 5.75 Å². The van der Waals surface area contributed by atoms with Gasteiger partial charge in [0, 0.05) is 11.6 Å². The summed E-state index contributed by atoms with van der Waals surface area (Å²) in [6.45, 7) is 0. The molecule has 2 aliphatic rings. The first-order chi connectivity index (χ1) is 6.99. The Hall–Kier alpha value is -0.130. The van der Waals surface area contributed by atoms with Crippen molar-refractivity contribution < 1.29 is 8.42 Å². The van der Waals surface area contributed by atoms with Crippen molar-refractivity contribution in [2.24, 2.45) is 5.73 Å². The van der Waals surface area contributed by atoms with Crippen molar-refractivity contribution in [1.82, 2.24) is 4.72 Å². The van der Waals surface area contributed by atoms with Crippen molar-refractivity contribution in [3.63, 3.8) is 0 Å². The van der Waals surface area contributed by atoms with Gasteiger partial charge in [-0.1, -0.05) is 19.3 Å². The number of nitrogens with one attached hydrogen (secondary N) is 1. The smallest absolute Gasteiger partial charge is 0.213 e. The second kappa shape index (κ2) is 4.03. The molecule has 0 aromatic rings. The Bertz CT molecular complexity index is 316. The van der Waals surface area contributed by atoms with Crippen LogP contribution in [0.4, 0.5) is 0 Å². The molecule has 0 heterocycles. The zero-order chi connectivity index (χ0) is 10.9. The van der Waals surface area contributed by atoms with Crippen LogP contribution in [-0.2, 0) is 10.0 Å². The predicted octanol–water partition coefficient (Wildman–Crippen LogP) is 0.730. The molecular weight excluding hydrogens is 212 g/mol. The average molecular weight is 232 g/mol.